The quantitative estimate of drug-likeness (QED) is 0.393. The van der Waals surface area contributed by atoms with Crippen molar-refractivity contribution >= 4 is 22.6 Å². The smallest absolute Gasteiger partial charge is 0.188 e. The maximum atomic E-state index is 11.4. The highest BCUT2D eigenvalue weighted by molar-refractivity contribution is 14.1. The molecule has 0 amide bonds. The molecule has 1 unspecified atom stereocenters. The minimum Gasteiger partial charge on any atom is -0.350 e. The van der Waals surface area contributed by atoms with Gasteiger partial charge in [0.2, 0.25) is 0 Å². The largest absolute Gasteiger partial charge is 0.350 e. The second-order valence-corrected chi connectivity index (χ2v) is 4.31. The van der Waals surface area contributed by atoms with E-state index in [0.717, 1.165) is 16.8 Å². The molecule has 0 saturated carbocycles. The Bertz CT molecular complexity index is 80.5. The van der Waals surface area contributed by atoms with Crippen molar-refractivity contribution in [2.24, 2.45) is 0 Å². The van der Waals surface area contributed by atoms with Crippen molar-refractivity contribution in [2.45, 2.75) is 36.5 Å². The maximum Gasteiger partial charge on any atom is 0.188 e. The van der Waals surface area contributed by atoms with Crippen LogP contribution in [-0.4, -0.2) is 17.4 Å². The topological polar surface area (TPSA) is 9.23 Å². The molecule has 0 bridgehead atoms. The molecule has 0 aromatic carbocycles. The summed E-state index contributed by atoms with van der Waals surface area (Å²) in [6.45, 7) is 2.11. The number of ether oxygens (including phenoxy) is 1. The molecule has 1 nitrogen and oxygen atoms in total. The average Bonchev–Trinajstić information content (AvgIpc) is 1.99. The molecule has 0 heterocycles. The molecule has 1 atom stereocenters. The van der Waals surface area contributed by atoms with Crippen molar-refractivity contribution < 1.29 is 9.13 Å². The first-order valence-corrected chi connectivity index (χ1v) is 5.33. The van der Waals surface area contributed by atoms with Gasteiger partial charge in [-0.2, -0.15) is 0 Å². The van der Waals surface area contributed by atoms with Gasteiger partial charge in [0.05, 0.1) is 0 Å². The number of halogens is 2. The van der Waals surface area contributed by atoms with Gasteiger partial charge in [-0.3, -0.25) is 0 Å². The lowest BCUT2D eigenvalue weighted by Gasteiger charge is -2.06. The Kier molecular flexibility index (Phi) is 9.21. The summed E-state index contributed by atoms with van der Waals surface area (Å²) in [6, 6.07) is 0. The number of alkyl halides is 2. The Morgan fingerprint density at radius 1 is 1.45 bits per heavy atom. The standard InChI is InChI=1S/C8H16FIO/c1-2-4-8(10)5-3-6-11-7-9/h8H,2-7H2,1H3. The Morgan fingerprint density at radius 2 is 2.18 bits per heavy atom. The van der Waals surface area contributed by atoms with Crippen LogP contribution in [0, 0.1) is 0 Å². The molecule has 0 spiro atoms. The molecule has 11 heavy (non-hydrogen) atoms. The van der Waals surface area contributed by atoms with E-state index in [1.54, 1.807) is 0 Å². The summed E-state index contributed by atoms with van der Waals surface area (Å²) in [5.74, 6) is 0. The van der Waals surface area contributed by atoms with Gasteiger partial charge in [0.25, 0.3) is 0 Å². The highest BCUT2D eigenvalue weighted by Crippen LogP contribution is 2.14. The predicted octanol–water partition coefficient (Wildman–Crippen LogP) is 3.31. The summed E-state index contributed by atoms with van der Waals surface area (Å²) in [7, 11) is 0. The molecule has 0 saturated heterocycles. The minimum absolute atomic E-state index is 0.569. The maximum absolute atomic E-state index is 11.4. The Balaban J connectivity index is 2.97. The molecule has 0 aliphatic rings. The van der Waals surface area contributed by atoms with Crippen LogP contribution in [0.1, 0.15) is 32.6 Å². The van der Waals surface area contributed by atoms with Crippen molar-refractivity contribution in [1.82, 2.24) is 0 Å². The zero-order chi connectivity index (χ0) is 8.53. The van der Waals surface area contributed by atoms with E-state index in [4.69, 9.17) is 0 Å². The molecular formula is C8H16FIO. The molecule has 0 radical (unpaired) electrons. The van der Waals surface area contributed by atoms with Gasteiger partial charge in [0, 0.05) is 10.5 Å². The van der Waals surface area contributed by atoms with Crippen LogP contribution >= 0.6 is 22.6 Å². The summed E-state index contributed by atoms with van der Waals surface area (Å²) in [4.78, 5) is 0. The molecule has 0 aliphatic carbocycles. The Labute approximate surface area is 81.8 Å². The van der Waals surface area contributed by atoms with E-state index in [9.17, 15) is 4.39 Å². The van der Waals surface area contributed by atoms with Crippen LogP contribution in [0.25, 0.3) is 0 Å². The first-order chi connectivity index (χ1) is 5.31. The lowest BCUT2D eigenvalue weighted by Crippen LogP contribution is -2.00. The van der Waals surface area contributed by atoms with Crippen LogP contribution in [-0.2, 0) is 4.74 Å². The third-order valence-corrected chi connectivity index (χ3v) is 2.73. The minimum atomic E-state index is -0.639. The Morgan fingerprint density at radius 3 is 2.73 bits per heavy atom. The van der Waals surface area contributed by atoms with E-state index < -0.39 is 6.86 Å². The number of hydrogen-bond donors (Lipinski definition) is 0. The van der Waals surface area contributed by atoms with Gasteiger partial charge >= 0.3 is 0 Å². The lowest BCUT2D eigenvalue weighted by atomic mass is 10.2. The van der Waals surface area contributed by atoms with Crippen molar-refractivity contribution in [3.8, 4) is 0 Å². The second kappa shape index (κ2) is 8.71. The van der Waals surface area contributed by atoms with Gasteiger partial charge in [-0.05, 0) is 19.3 Å². The fraction of sp³-hybridized carbons (Fsp3) is 1.00. The number of hydrogen-bond acceptors (Lipinski definition) is 1. The predicted molar refractivity (Wildman–Crippen MR) is 53.9 cm³/mol. The molecule has 0 fully saturated rings. The lowest BCUT2D eigenvalue weighted by molar-refractivity contribution is 0.0557. The molecule has 0 aromatic heterocycles. The first kappa shape index (κ1) is 11.6. The van der Waals surface area contributed by atoms with Crippen LogP contribution in [0.4, 0.5) is 4.39 Å². The van der Waals surface area contributed by atoms with Crippen LogP contribution < -0.4 is 0 Å². The average molecular weight is 274 g/mol. The van der Waals surface area contributed by atoms with E-state index in [1.807, 2.05) is 0 Å². The second-order valence-electron chi connectivity index (χ2n) is 2.55. The number of rotatable bonds is 7. The van der Waals surface area contributed by atoms with Crippen LogP contribution in [0.5, 0.6) is 0 Å². The third kappa shape index (κ3) is 8.53. The van der Waals surface area contributed by atoms with Gasteiger partial charge in [0.15, 0.2) is 6.86 Å². The summed E-state index contributed by atoms with van der Waals surface area (Å²) in [5, 5.41) is 0. The normalized spacial score (nSPS) is 13.4. The van der Waals surface area contributed by atoms with E-state index in [1.165, 1.54) is 12.8 Å². The SMILES string of the molecule is CCCC(I)CCCOCF. The zero-order valence-electron chi connectivity index (χ0n) is 6.98. The summed E-state index contributed by atoms with van der Waals surface area (Å²) in [6.07, 6.45) is 4.62. The van der Waals surface area contributed by atoms with Crippen molar-refractivity contribution in [2.75, 3.05) is 13.5 Å². The highest BCUT2D eigenvalue weighted by atomic mass is 127. The summed E-state index contributed by atoms with van der Waals surface area (Å²) in [5.41, 5.74) is 0. The molecule has 3 heteroatoms. The fourth-order valence-corrected chi connectivity index (χ4v) is 1.98. The van der Waals surface area contributed by atoms with Gasteiger partial charge in [-0.1, -0.05) is 35.9 Å². The summed E-state index contributed by atoms with van der Waals surface area (Å²) < 4.78 is 16.8. The zero-order valence-corrected chi connectivity index (χ0v) is 9.14. The van der Waals surface area contributed by atoms with Crippen LogP contribution in [0.3, 0.4) is 0 Å². The molecular weight excluding hydrogens is 258 g/mol. The molecule has 68 valence electrons. The van der Waals surface area contributed by atoms with E-state index >= 15 is 0 Å². The van der Waals surface area contributed by atoms with E-state index in [0.29, 0.717) is 6.61 Å². The van der Waals surface area contributed by atoms with E-state index in [-0.39, 0.29) is 0 Å². The van der Waals surface area contributed by atoms with Gasteiger partial charge in [-0.15, -0.1) is 0 Å². The van der Waals surface area contributed by atoms with Crippen LogP contribution in [0.2, 0.25) is 0 Å². The summed E-state index contributed by atoms with van der Waals surface area (Å²) >= 11 is 2.44. The molecule has 0 N–H and O–H groups in total. The Hall–Kier alpha value is 0.620. The molecule has 0 aliphatic heterocycles. The third-order valence-electron chi connectivity index (χ3n) is 1.49. The van der Waals surface area contributed by atoms with Crippen molar-refractivity contribution in [3.05, 3.63) is 0 Å². The first-order valence-electron chi connectivity index (χ1n) is 4.09. The molecule has 0 aromatic rings. The highest BCUT2D eigenvalue weighted by Gasteiger charge is 2.01. The van der Waals surface area contributed by atoms with Gasteiger partial charge in [-0.25, -0.2) is 4.39 Å². The fourth-order valence-electron chi connectivity index (χ4n) is 0.919. The van der Waals surface area contributed by atoms with Gasteiger partial charge in [0.1, 0.15) is 0 Å². The monoisotopic (exact) mass is 274 g/mol. The van der Waals surface area contributed by atoms with Crippen molar-refractivity contribution in [1.29, 1.82) is 0 Å². The van der Waals surface area contributed by atoms with Crippen LogP contribution in [0.15, 0.2) is 0 Å². The molecule has 0 rings (SSSR count). The van der Waals surface area contributed by atoms with E-state index in [2.05, 4.69) is 34.3 Å². The van der Waals surface area contributed by atoms with Gasteiger partial charge < -0.3 is 4.74 Å². The van der Waals surface area contributed by atoms with Crippen molar-refractivity contribution in [3.63, 3.8) is 0 Å².